The third kappa shape index (κ3) is 4.10. The molecule has 0 spiro atoms. The molecule has 2 N–H and O–H groups in total. The Morgan fingerprint density at radius 3 is 2.26 bits per heavy atom. The van der Waals surface area contributed by atoms with Crippen molar-refractivity contribution >= 4 is 46.5 Å². The van der Waals surface area contributed by atoms with Crippen molar-refractivity contribution in [2.45, 2.75) is 0 Å². The number of anilines is 4. The summed E-state index contributed by atoms with van der Waals surface area (Å²) < 4.78 is 5.40. The van der Waals surface area contributed by atoms with Crippen molar-refractivity contribution in [1.29, 1.82) is 0 Å². The first-order chi connectivity index (χ1) is 12.8. The second-order valence-electron chi connectivity index (χ2n) is 5.73. The highest BCUT2D eigenvalue weighted by molar-refractivity contribution is 5.92. The van der Waals surface area contributed by atoms with Crippen LogP contribution in [0.2, 0.25) is 0 Å². The van der Waals surface area contributed by atoms with Gasteiger partial charge in [0.1, 0.15) is 11.6 Å². The molecule has 3 aromatic carbocycles. The first-order valence-electron chi connectivity index (χ1n) is 8.32. The second kappa shape index (κ2) is 8.38. The van der Waals surface area contributed by atoms with Crippen LogP contribution in [0.1, 0.15) is 0 Å². The van der Waals surface area contributed by atoms with Crippen LogP contribution in [0, 0.1) is 0 Å². The number of methoxy groups -OCH3 is 1. The van der Waals surface area contributed by atoms with Crippen LogP contribution < -0.4 is 15.4 Å². The monoisotopic (exact) mass is 378 g/mol. The Bertz CT molecular complexity index is 1040. The molecule has 0 unspecified atom stereocenters. The van der Waals surface area contributed by atoms with E-state index in [1.807, 2.05) is 78.9 Å². The Morgan fingerprint density at radius 1 is 0.741 bits per heavy atom. The lowest BCUT2D eigenvalue weighted by Crippen LogP contribution is -2.03. The second-order valence-corrected chi connectivity index (χ2v) is 5.73. The molecule has 6 heteroatoms. The summed E-state index contributed by atoms with van der Waals surface area (Å²) in [6, 6.07) is 25.6. The van der Waals surface area contributed by atoms with Gasteiger partial charge in [-0.05, 0) is 36.4 Å². The van der Waals surface area contributed by atoms with Crippen LogP contribution in [0.25, 0.3) is 10.9 Å². The summed E-state index contributed by atoms with van der Waals surface area (Å²) in [7, 11) is 1.64. The molecule has 0 atom stereocenters. The summed E-state index contributed by atoms with van der Waals surface area (Å²) in [4.78, 5) is 9.31. The number of benzene rings is 3. The molecule has 0 aliphatic carbocycles. The number of fused-ring (bicyclic) bond motifs is 1. The summed E-state index contributed by atoms with van der Waals surface area (Å²) in [5, 5.41) is 7.59. The number of halogens is 1. The van der Waals surface area contributed by atoms with E-state index in [4.69, 9.17) is 4.74 Å². The number of hydrogen-bond acceptors (Lipinski definition) is 5. The largest absolute Gasteiger partial charge is 0.495 e. The molecule has 0 saturated heterocycles. The van der Waals surface area contributed by atoms with E-state index in [9.17, 15) is 0 Å². The molecule has 136 valence electrons. The van der Waals surface area contributed by atoms with Gasteiger partial charge in [0.2, 0.25) is 5.95 Å². The Morgan fingerprint density at radius 2 is 1.44 bits per heavy atom. The molecular formula is C21H19ClN4O. The van der Waals surface area contributed by atoms with Crippen molar-refractivity contribution in [1.82, 2.24) is 9.97 Å². The maximum absolute atomic E-state index is 5.40. The minimum Gasteiger partial charge on any atom is -0.495 e. The smallest absolute Gasteiger partial charge is 0.229 e. The van der Waals surface area contributed by atoms with E-state index in [1.54, 1.807) is 7.11 Å². The van der Waals surface area contributed by atoms with Crippen molar-refractivity contribution in [3.63, 3.8) is 0 Å². The predicted octanol–water partition coefficient (Wildman–Crippen LogP) is 5.55. The topological polar surface area (TPSA) is 59.1 Å². The van der Waals surface area contributed by atoms with E-state index in [0.717, 1.165) is 33.8 Å². The SMILES string of the molecule is COc1ccccc1Nc1nc(Nc2ccccc2)c2ccccc2n1.Cl. The van der Waals surface area contributed by atoms with Crippen LogP contribution in [0.3, 0.4) is 0 Å². The van der Waals surface area contributed by atoms with E-state index in [1.165, 1.54) is 0 Å². The molecule has 1 heterocycles. The van der Waals surface area contributed by atoms with Crippen LogP contribution in [0.5, 0.6) is 5.75 Å². The van der Waals surface area contributed by atoms with Gasteiger partial charge in [-0.25, -0.2) is 4.98 Å². The van der Waals surface area contributed by atoms with E-state index in [2.05, 4.69) is 20.6 Å². The molecule has 1 aromatic heterocycles. The maximum Gasteiger partial charge on any atom is 0.229 e. The van der Waals surface area contributed by atoms with Gasteiger partial charge in [0.15, 0.2) is 0 Å². The summed E-state index contributed by atoms with van der Waals surface area (Å²) >= 11 is 0. The van der Waals surface area contributed by atoms with Gasteiger partial charge < -0.3 is 15.4 Å². The summed E-state index contributed by atoms with van der Waals surface area (Å²) in [6.07, 6.45) is 0. The molecule has 0 fully saturated rings. The highest BCUT2D eigenvalue weighted by atomic mass is 35.5. The zero-order chi connectivity index (χ0) is 17.8. The molecule has 5 nitrogen and oxygen atoms in total. The van der Waals surface area contributed by atoms with Crippen LogP contribution in [0.4, 0.5) is 23.1 Å². The van der Waals surface area contributed by atoms with Gasteiger partial charge in [0, 0.05) is 11.1 Å². The van der Waals surface area contributed by atoms with Crippen molar-refractivity contribution in [2.75, 3.05) is 17.7 Å². The minimum absolute atomic E-state index is 0. The number of ether oxygens (including phenoxy) is 1. The first-order valence-corrected chi connectivity index (χ1v) is 8.32. The van der Waals surface area contributed by atoms with Crippen LogP contribution in [-0.4, -0.2) is 17.1 Å². The Labute approximate surface area is 163 Å². The fourth-order valence-corrected chi connectivity index (χ4v) is 2.75. The highest BCUT2D eigenvalue weighted by Crippen LogP contribution is 2.29. The van der Waals surface area contributed by atoms with Gasteiger partial charge in [0.05, 0.1) is 18.3 Å². The number of para-hydroxylation sites is 4. The molecule has 0 amide bonds. The third-order valence-electron chi connectivity index (χ3n) is 3.99. The number of nitrogens with zero attached hydrogens (tertiary/aromatic N) is 2. The predicted molar refractivity (Wildman–Crippen MR) is 113 cm³/mol. The Kier molecular flexibility index (Phi) is 5.74. The average Bonchev–Trinajstić information content (AvgIpc) is 2.69. The zero-order valence-electron chi connectivity index (χ0n) is 14.7. The van der Waals surface area contributed by atoms with Crippen molar-refractivity contribution in [3.05, 3.63) is 78.9 Å². The molecule has 0 saturated carbocycles. The summed E-state index contributed by atoms with van der Waals surface area (Å²) in [5.74, 6) is 1.99. The summed E-state index contributed by atoms with van der Waals surface area (Å²) in [5.41, 5.74) is 2.65. The fraction of sp³-hybridized carbons (Fsp3) is 0.0476. The van der Waals surface area contributed by atoms with Gasteiger partial charge in [-0.1, -0.05) is 42.5 Å². The lowest BCUT2D eigenvalue weighted by molar-refractivity contribution is 0.417. The lowest BCUT2D eigenvalue weighted by Gasteiger charge is -2.13. The average molecular weight is 379 g/mol. The van der Waals surface area contributed by atoms with Crippen LogP contribution in [-0.2, 0) is 0 Å². The van der Waals surface area contributed by atoms with E-state index < -0.39 is 0 Å². The minimum atomic E-state index is 0. The van der Waals surface area contributed by atoms with Gasteiger partial charge in [-0.3, -0.25) is 0 Å². The van der Waals surface area contributed by atoms with Crippen LogP contribution >= 0.6 is 12.4 Å². The number of hydrogen-bond donors (Lipinski definition) is 2. The molecule has 0 bridgehead atoms. The maximum atomic E-state index is 5.40. The Balaban J connectivity index is 0.00000210. The Hall–Kier alpha value is -3.31. The zero-order valence-corrected chi connectivity index (χ0v) is 15.5. The first kappa shape index (κ1) is 18.5. The van der Waals surface area contributed by atoms with Crippen LogP contribution in [0.15, 0.2) is 78.9 Å². The third-order valence-corrected chi connectivity index (χ3v) is 3.99. The molecular weight excluding hydrogens is 360 g/mol. The van der Waals surface area contributed by atoms with Gasteiger partial charge >= 0.3 is 0 Å². The quantitative estimate of drug-likeness (QED) is 0.477. The van der Waals surface area contributed by atoms with Crippen molar-refractivity contribution in [3.8, 4) is 5.75 Å². The number of nitrogens with one attached hydrogen (secondary N) is 2. The van der Waals surface area contributed by atoms with Gasteiger partial charge in [0.25, 0.3) is 0 Å². The van der Waals surface area contributed by atoms with Crippen molar-refractivity contribution < 1.29 is 4.74 Å². The molecule has 4 rings (SSSR count). The standard InChI is InChI=1S/C21H18N4O.ClH/c1-26-19-14-8-7-13-18(19)24-21-23-17-12-6-5-11-16(17)20(25-21)22-15-9-3-2-4-10-15;/h2-14H,1H3,(H2,22,23,24,25);1H. The molecule has 0 radical (unpaired) electrons. The highest BCUT2D eigenvalue weighted by Gasteiger charge is 2.10. The number of aromatic nitrogens is 2. The normalized spacial score (nSPS) is 10.1. The van der Waals surface area contributed by atoms with E-state index in [0.29, 0.717) is 5.95 Å². The molecule has 27 heavy (non-hydrogen) atoms. The number of rotatable bonds is 5. The van der Waals surface area contributed by atoms with Gasteiger partial charge in [-0.2, -0.15) is 4.98 Å². The van der Waals surface area contributed by atoms with Crippen molar-refractivity contribution in [2.24, 2.45) is 0 Å². The molecule has 0 aliphatic rings. The lowest BCUT2D eigenvalue weighted by atomic mass is 10.2. The van der Waals surface area contributed by atoms with E-state index >= 15 is 0 Å². The van der Waals surface area contributed by atoms with Gasteiger partial charge in [-0.15, -0.1) is 12.4 Å². The van der Waals surface area contributed by atoms with E-state index in [-0.39, 0.29) is 12.4 Å². The molecule has 0 aliphatic heterocycles. The fourth-order valence-electron chi connectivity index (χ4n) is 2.75. The molecule has 4 aromatic rings. The summed E-state index contributed by atoms with van der Waals surface area (Å²) in [6.45, 7) is 0.